The second kappa shape index (κ2) is 7.91. The minimum absolute atomic E-state index is 0.0107. The molecule has 5 rings (SSSR count). The topological polar surface area (TPSA) is 98.0 Å². The first kappa shape index (κ1) is 21.0. The Morgan fingerprint density at radius 3 is 2.58 bits per heavy atom. The maximum absolute atomic E-state index is 13.4. The molecular formula is C22H18F3N7O. The van der Waals surface area contributed by atoms with E-state index in [1.807, 2.05) is 24.3 Å². The lowest BCUT2D eigenvalue weighted by molar-refractivity contribution is -0.158. The molecule has 0 aliphatic heterocycles. The van der Waals surface area contributed by atoms with E-state index >= 15 is 0 Å². The maximum Gasteiger partial charge on any atom is 0.408 e. The molecule has 1 aliphatic carbocycles. The maximum atomic E-state index is 13.4. The third-order valence-electron chi connectivity index (χ3n) is 5.54. The number of aryl methyl sites for hydroxylation is 1. The van der Waals surface area contributed by atoms with Gasteiger partial charge in [0.1, 0.15) is 24.3 Å². The van der Waals surface area contributed by atoms with E-state index in [0.29, 0.717) is 30.1 Å². The van der Waals surface area contributed by atoms with Gasteiger partial charge in [-0.25, -0.2) is 24.5 Å². The normalized spacial score (nSPS) is 14.9. The zero-order valence-electron chi connectivity index (χ0n) is 17.4. The van der Waals surface area contributed by atoms with Crippen LogP contribution in [-0.2, 0) is 0 Å². The van der Waals surface area contributed by atoms with Crippen molar-refractivity contribution in [2.24, 2.45) is 5.92 Å². The Kier molecular flexibility index (Phi) is 5.03. The first-order valence-corrected chi connectivity index (χ1v) is 10.3. The Labute approximate surface area is 185 Å². The van der Waals surface area contributed by atoms with Crippen molar-refractivity contribution >= 4 is 11.6 Å². The van der Waals surface area contributed by atoms with Gasteiger partial charge in [0.15, 0.2) is 11.5 Å². The quantitative estimate of drug-likeness (QED) is 0.496. The number of aromatic nitrogens is 6. The summed E-state index contributed by atoms with van der Waals surface area (Å²) in [4.78, 5) is 29.4. The average Bonchev–Trinajstić information content (AvgIpc) is 3.54. The van der Waals surface area contributed by atoms with Gasteiger partial charge in [0.05, 0.1) is 11.9 Å². The predicted molar refractivity (Wildman–Crippen MR) is 112 cm³/mol. The summed E-state index contributed by atoms with van der Waals surface area (Å²) in [5.74, 6) is -0.936. The fraction of sp³-hybridized carbons (Fsp3) is 0.273. The van der Waals surface area contributed by atoms with E-state index in [9.17, 15) is 18.0 Å². The first-order valence-electron chi connectivity index (χ1n) is 10.3. The minimum Gasteiger partial charge on any atom is -0.340 e. The van der Waals surface area contributed by atoms with Gasteiger partial charge in [-0.1, -0.05) is 18.2 Å². The van der Waals surface area contributed by atoms with Crippen molar-refractivity contribution in [3.8, 4) is 22.6 Å². The highest BCUT2D eigenvalue weighted by atomic mass is 19.4. The molecule has 3 heterocycles. The number of hydrogen-bond donors (Lipinski definition) is 1. The molecule has 1 atom stereocenters. The number of nitrogens with zero attached hydrogens (tertiary/aromatic N) is 6. The largest absolute Gasteiger partial charge is 0.408 e. The highest BCUT2D eigenvalue weighted by molar-refractivity contribution is 6.00. The second-order valence-corrected chi connectivity index (χ2v) is 7.95. The van der Waals surface area contributed by atoms with Crippen LogP contribution in [0.15, 0.2) is 49.2 Å². The fourth-order valence-corrected chi connectivity index (χ4v) is 3.74. The molecule has 0 saturated heterocycles. The molecule has 0 radical (unpaired) electrons. The lowest BCUT2D eigenvalue weighted by atomic mass is 10.1. The number of alkyl halides is 3. The van der Waals surface area contributed by atoms with Crippen molar-refractivity contribution in [1.82, 2.24) is 34.9 Å². The van der Waals surface area contributed by atoms with Gasteiger partial charge in [-0.05, 0) is 37.8 Å². The third kappa shape index (κ3) is 4.13. The summed E-state index contributed by atoms with van der Waals surface area (Å²) >= 11 is 0. The van der Waals surface area contributed by atoms with E-state index in [4.69, 9.17) is 0 Å². The monoisotopic (exact) mass is 453 g/mol. The van der Waals surface area contributed by atoms with Gasteiger partial charge in [0, 0.05) is 16.8 Å². The van der Waals surface area contributed by atoms with Crippen LogP contribution in [0.4, 0.5) is 13.2 Å². The zero-order chi connectivity index (χ0) is 23.2. The van der Waals surface area contributed by atoms with Crippen LogP contribution >= 0.6 is 0 Å². The highest BCUT2D eigenvalue weighted by Gasteiger charge is 2.49. The minimum atomic E-state index is -4.51. The van der Waals surface area contributed by atoms with Gasteiger partial charge in [-0.2, -0.15) is 18.3 Å². The van der Waals surface area contributed by atoms with Gasteiger partial charge in [-0.15, -0.1) is 0 Å². The molecule has 33 heavy (non-hydrogen) atoms. The second-order valence-electron chi connectivity index (χ2n) is 7.95. The summed E-state index contributed by atoms with van der Waals surface area (Å²) in [7, 11) is 0. The molecule has 168 valence electrons. The molecular weight excluding hydrogens is 435 g/mol. The summed E-state index contributed by atoms with van der Waals surface area (Å²) in [5, 5.41) is 6.30. The van der Waals surface area contributed by atoms with E-state index < -0.39 is 24.0 Å². The van der Waals surface area contributed by atoms with E-state index in [2.05, 4.69) is 30.4 Å². The number of halogens is 3. The Morgan fingerprint density at radius 1 is 1.15 bits per heavy atom. The number of hydrogen-bond acceptors (Lipinski definition) is 6. The Balaban J connectivity index is 1.52. The van der Waals surface area contributed by atoms with Crippen LogP contribution in [0.3, 0.4) is 0 Å². The Hall–Kier alpha value is -3.89. The van der Waals surface area contributed by atoms with Gasteiger partial charge >= 0.3 is 6.18 Å². The highest BCUT2D eigenvalue weighted by Crippen LogP contribution is 2.40. The predicted octanol–water partition coefficient (Wildman–Crippen LogP) is 3.63. The van der Waals surface area contributed by atoms with Gasteiger partial charge in [0.25, 0.3) is 5.91 Å². The molecule has 1 saturated carbocycles. The van der Waals surface area contributed by atoms with Crippen molar-refractivity contribution in [2.75, 3.05) is 0 Å². The van der Waals surface area contributed by atoms with Crippen molar-refractivity contribution in [2.45, 2.75) is 32.0 Å². The third-order valence-corrected chi connectivity index (χ3v) is 5.54. The summed E-state index contributed by atoms with van der Waals surface area (Å²) < 4.78 is 41.6. The zero-order valence-corrected chi connectivity index (χ0v) is 17.4. The van der Waals surface area contributed by atoms with E-state index in [0.717, 1.165) is 11.1 Å². The molecule has 11 heteroatoms. The molecule has 3 aromatic heterocycles. The summed E-state index contributed by atoms with van der Waals surface area (Å²) in [6.07, 6.45) is 0.420. The fourth-order valence-electron chi connectivity index (χ4n) is 3.74. The standard InChI is InChI=1S/C22H18F3N7O/c1-12-7-17(14-3-2-4-15(8-14)19-27-10-26-11-28-19)30-20-16(9-29-32(12)20)21(33)31-18(13-5-6-13)22(23,24)25/h2-4,7-11,13,18H,5-6H2,1H3,(H,31,33). The lowest BCUT2D eigenvalue weighted by Crippen LogP contribution is -2.46. The number of fused-ring (bicyclic) bond motifs is 1. The van der Waals surface area contributed by atoms with Crippen LogP contribution in [-0.4, -0.2) is 47.7 Å². The molecule has 1 fully saturated rings. The van der Waals surface area contributed by atoms with Gasteiger partial charge in [0.2, 0.25) is 0 Å². The Bertz CT molecular complexity index is 1330. The smallest absolute Gasteiger partial charge is 0.340 e. The molecule has 0 bridgehead atoms. The molecule has 0 spiro atoms. The van der Waals surface area contributed by atoms with Gasteiger partial charge < -0.3 is 5.32 Å². The van der Waals surface area contributed by atoms with E-state index in [1.165, 1.54) is 23.4 Å². The van der Waals surface area contributed by atoms with Crippen LogP contribution in [0.1, 0.15) is 28.9 Å². The van der Waals surface area contributed by atoms with Crippen LogP contribution in [0, 0.1) is 12.8 Å². The number of carbonyl (C=O) groups excluding carboxylic acids is 1. The van der Waals surface area contributed by atoms with Crippen LogP contribution in [0.2, 0.25) is 0 Å². The molecule has 1 unspecified atom stereocenters. The molecule has 1 N–H and O–H groups in total. The van der Waals surface area contributed by atoms with Crippen molar-refractivity contribution in [3.05, 3.63) is 60.4 Å². The van der Waals surface area contributed by atoms with Crippen LogP contribution in [0.25, 0.3) is 28.3 Å². The molecule has 8 nitrogen and oxygen atoms in total. The summed E-state index contributed by atoms with van der Waals surface area (Å²) in [6.45, 7) is 1.78. The summed E-state index contributed by atoms with van der Waals surface area (Å²) in [6, 6.07) is 7.26. The van der Waals surface area contributed by atoms with Crippen molar-refractivity contribution < 1.29 is 18.0 Å². The van der Waals surface area contributed by atoms with E-state index in [1.54, 1.807) is 13.0 Å². The molecule has 1 aromatic carbocycles. The van der Waals surface area contributed by atoms with Crippen molar-refractivity contribution in [3.63, 3.8) is 0 Å². The number of nitrogens with one attached hydrogen (secondary N) is 1. The van der Waals surface area contributed by atoms with Gasteiger partial charge in [-0.3, -0.25) is 4.79 Å². The van der Waals surface area contributed by atoms with E-state index in [-0.39, 0.29) is 11.2 Å². The molecule has 4 aromatic rings. The number of benzene rings is 1. The molecule has 1 amide bonds. The van der Waals surface area contributed by atoms with Crippen LogP contribution in [0.5, 0.6) is 0 Å². The number of amides is 1. The number of carbonyl (C=O) groups is 1. The Morgan fingerprint density at radius 2 is 1.88 bits per heavy atom. The van der Waals surface area contributed by atoms with Crippen molar-refractivity contribution in [1.29, 1.82) is 0 Å². The molecule has 1 aliphatic rings. The number of rotatable bonds is 5. The lowest BCUT2D eigenvalue weighted by Gasteiger charge is -2.20. The first-order chi connectivity index (χ1) is 15.8. The SMILES string of the molecule is Cc1cc(-c2cccc(-c3ncncn3)c2)nc2c(C(=O)NC(C3CC3)C(F)(F)F)cnn12. The van der Waals surface area contributed by atoms with Crippen LogP contribution < -0.4 is 5.32 Å². The summed E-state index contributed by atoms with van der Waals surface area (Å²) in [5.41, 5.74) is 2.87. The average molecular weight is 453 g/mol.